The van der Waals surface area contributed by atoms with Gasteiger partial charge in [-0.1, -0.05) is 11.6 Å². The predicted octanol–water partition coefficient (Wildman–Crippen LogP) is 0.477. The van der Waals surface area contributed by atoms with Crippen molar-refractivity contribution in [3.63, 3.8) is 0 Å². The van der Waals surface area contributed by atoms with E-state index >= 15 is 0 Å². The molecule has 1 aromatic rings. The average molecular weight is 326 g/mol. The Morgan fingerprint density at radius 1 is 1.58 bits per heavy atom. The Kier molecular flexibility index (Phi) is 3.76. The standard InChI is InChI=1S/C8H8ClN3O5S2/c9-8-5(12(14)15)2-7(18-8)19(16,17)11-4-1-6(13)10-3-4/h2,4,11H,1,3H2,(H,10,13). The number of nitrogens with one attached hydrogen (secondary N) is 2. The number of rotatable bonds is 4. The van der Waals surface area contributed by atoms with Crippen LogP contribution in [0.2, 0.25) is 4.34 Å². The van der Waals surface area contributed by atoms with E-state index in [2.05, 4.69) is 10.0 Å². The first kappa shape index (κ1) is 14.2. The highest BCUT2D eigenvalue weighted by molar-refractivity contribution is 7.91. The van der Waals surface area contributed by atoms with E-state index in [9.17, 15) is 23.3 Å². The van der Waals surface area contributed by atoms with E-state index in [0.717, 1.165) is 6.07 Å². The Morgan fingerprint density at radius 2 is 2.26 bits per heavy atom. The van der Waals surface area contributed by atoms with Crippen LogP contribution in [0.5, 0.6) is 0 Å². The Bertz CT molecular complexity index is 641. The van der Waals surface area contributed by atoms with Gasteiger partial charge in [-0.25, -0.2) is 13.1 Å². The Labute approximate surface area is 117 Å². The van der Waals surface area contributed by atoms with Crippen molar-refractivity contribution in [1.82, 2.24) is 10.0 Å². The molecule has 1 aromatic heterocycles. The third-order valence-corrected chi connectivity index (χ3v) is 5.74. The minimum Gasteiger partial charge on any atom is -0.354 e. The summed E-state index contributed by atoms with van der Waals surface area (Å²) in [4.78, 5) is 20.8. The number of hydrogen-bond acceptors (Lipinski definition) is 6. The molecule has 1 aliphatic heterocycles. The van der Waals surface area contributed by atoms with Crippen LogP contribution in [0, 0.1) is 10.1 Å². The highest BCUT2D eigenvalue weighted by atomic mass is 35.5. The van der Waals surface area contributed by atoms with E-state index in [4.69, 9.17) is 11.6 Å². The molecule has 1 fully saturated rings. The Balaban J connectivity index is 2.22. The number of carbonyl (C=O) groups is 1. The molecule has 1 aliphatic rings. The van der Waals surface area contributed by atoms with Crippen LogP contribution >= 0.6 is 22.9 Å². The van der Waals surface area contributed by atoms with Crippen molar-refractivity contribution < 1.29 is 18.1 Å². The summed E-state index contributed by atoms with van der Waals surface area (Å²) >= 11 is 6.21. The maximum absolute atomic E-state index is 12.0. The van der Waals surface area contributed by atoms with Crippen LogP contribution in [0.25, 0.3) is 0 Å². The molecule has 2 heterocycles. The minimum absolute atomic E-state index is 0.0421. The topological polar surface area (TPSA) is 118 Å². The summed E-state index contributed by atoms with van der Waals surface area (Å²) in [6, 6.07) is 0.344. The van der Waals surface area contributed by atoms with Crippen LogP contribution in [-0.4, -0.2) is 31.8 Å². The van der Waals surface area contributed by atoms with E-state index in [1.54, 1.807) is 0 Å². The zero-order chi connectivity index (χ0) is 14.2. The fourth-order valence-corrected chi connectivity index (χ4v) is 4.48. The molecular formula is C8H8ClN3O5S2. The molecule has 8 nitrogen and oxygen atoms in total. The van der Waals surface area contributed by atoms with Gasteiger partial charge in [0.15, 0.2) is 4.34 Å². The fourth-order valence-electron chi connectivity index (χ4n) is 1.56. The van der Waals surface area contributed by atoms with Crippen LogP contribution < -0.4 is 10.0 Å². The third kappa shape index (κ3) is 3.03. The quantitative estimate of drug-likeness (QED) is 0.616. The van der Waals surface area contributed by atoms with Crippen LogP contribution in [0.4, 0.5) is 5.69 Å². The lowest BCUT2D eigenvalue weighted by Gasteiger charge is -2.08. The van der Waals surface area contributed by atoms with Crippen LogP contribution in [-0.2, 0) is 14.8 Å². The number of hydrogen-bond donors (Lipinski definition) is 2. The van der Waals surface area contributed by atoms with Gasteiger partial charge in [0, 0.05) is 25.1 Å². The summed E-state index contributed by atoms with van der Waals surface area (Å²) in [5.74, 6) is -0.247. The van der Waals surface area contributed by atoms with E-state index in [1.165, 1.54) is 0 Å². The van der Waals surface area contributed by atoms with E-state index in [-0.39, 0.29) is 27.4 Å². The number of sulfonamides is 1. The summed E-state index contributed by atoms with van der Waals surface area (Å²) in [5, 5.41) is 13.1. The zero-order valence-corrected chi connectivity index (χ0v) is 11.6. The molecular weight excluding hydrogens is 318 g/mol. The maximum atomic E-state index is 12.0. The first-order valence-electron chi connectivity index (χ1n) is 5.02. The Morgan fingerprint density at radius 3 is 2.74 bits per heavy atom. The lowest BCUT2D eigenvalue weighted by Crippen LogP contribution is -2.35. The molecule has 19 heavy (non-hydrogen) atoms. The lowest BCUT2D eigenvalue weighted by molar-refractivity contribution is -0.384. The number of carbonyl (C=O) groups excluding carboxylic acids is 1. The van der Waals surface area contributed by atoms with Crippen LogP contribution in [0.3, 0.4) is 0 Å². The molecule has 0 aliphatic carbocycles. The van der Waals surface area contributed by atoms with Gasteiger partial charge in [-0.2, -0.15) is 0 Å². The van der Waals surface area contributed by atoms with E-state index in [1.807, 2.05) is 0 Å². The molecule has 11 heteroatoms. The molecule has 0 radical (unpaired) electrons. The SMILES string of the molecule is O=C1CC(NS(=O)(=O)c2cc([N+](=O)[O-])c(Cl)s2)CN1. The molecule has 104 valence electrons. The first-order valence-corrected chi connectivity index (χ1v) is 7.70. The second kappa shape index (κ2) is 5.04. The van der Waals surface area contributed by atoms with Gasteiger partial charge in [0.05, 0.1) is 4.92 Å². The molecule has 1 amide bonds. The van der Waals surface area contributed by atoms with Crippen molar-refractivity contribution in [3.8, 4) is 0 Å². The summed E-state index contributed by atoms with van der Waals surface area (Å²) < 4.78 is 25.8. The van der Waals surface area contributed by atoms with Crippen LogP contribution in [0.15, 0.2) is 10.3 Å². The van der Waals surface area contributed by atoms with Crippen LogP contribution in [0.1, 0.15) is 6.42 Å². The number of amides is 1. The summed E-state index contributed by atoms with van der Waals surface area (Å²) in [6.45, 7) is 0.194. The molecule has 0 spiro atoms. The van der Waals surface area contributed by atoms with Gasteiger partial charge in [0.1, 0.15) is 4.21 Å². The second-order valence-electron chi connectivity index (χ2n) is 3.81. The second-order valence-corrected chi connectivity index (χ2v) is 7.40. The molecule has 1 saturated heterocycles. The first-order chi connectivity index (χ1) is 8.79. The highest BCUT2D eigenvalue weighted by Gasteiger charge is 2.30. The molecule has 2 N–H and O–H groups in total. The molecule has 1 unspecified atom stereocenters. The fraction of sp³-hybridized carbons (Fsp3) is 0.375. The van der Waals surface area contributed by atoms with Crippen molar-refractivity contribution in [1.29, 1.82) is 0 Å². The van der Waals surface area contributed by atoms with Gasteiger partial charge < -0.3 is 5.32 Å². The minimum atomic E-state index is -3.91. The summed E-state index contributed by atoms with van der Waals surface area (Å²) in [7, 11) is -3.91. The van der Waals surface area contributed by atoms with Gasteiger partial charge in [-0.3, -0.25) is 14.9 Å². The Hall–Kier alpha value is -1.23. The molecule has 0 saturated carbocycles. The molecule has 1 atom stereocenters. The van der Waals surface area contributed by atoms with E-state index < -0.39 is 26.7 Å². The van der Waals surface area contributed by atoms with Crippen molar-refractivity contribution in [2.75, 3.05) is 6.54 Å². The summed E-state index contributed by atoms with van der Waals surface area (Å²) in [5.41, 5.74) is -0.451. The number of thiophene rings is 1. The maximum Gasteiger partial charge on any atom is 0.300 e. The van der Waals surface area contributed by atoms with Crippen molar-refractivity contribution in [2.45, 2.75) is 16.7 Å². The van der Waals surface area contributed by atoms with Gasteiger partial charge in [-0.15, -0.1) is 11.3 Å². The largest absolute Gasteiger partial charge is 0.354 e. The van der Waals surface area contributed by atoms with Crippen molar-refractivity contribution >= 4 is 44.6 Å². The molecule has 2 rings (SSSR count). The molecule has 0 bridgehead atoms. The predicted molar refractivity (Wildman–Crippen MR) is 67.7 cm³/mol. The zero-order valence-electron chi connectivity index (χ0n) is 9.25. The number of nitrogens with zero attached hydrogens (tertiary/aromatic N) is 1. The van der Waals surface area contributed by atoms with Gasteiger partial charge in [0.25, 0.3) is 15.7 Å². The monoisotopic (exact) mass is 325 g/mol. The average Bonchev–Trinajstić information content (AvgIpc) is 2.84. The van der Waals surface area contributed by atoms with E-state index in [0.29, 0.717) is 11.3 Å². The molecule has 0 aromatic carbocycles. The van der Waals surface area contributed by atoms with Gasteiger partial charge >= 0.3 is 0 Å². The lowest BCUT2D eigenvalue weighted by atomic mass is 10.3. The van der Waals surface area contributed by atoms with Crippen molar-refractivity contribution in [2.24, 2.45) is 0 Å². The smallest absolute Gasteiger partial charge is 0.300 e. The number of halogens is 1. The van der Waals surface area contributed by atoms with Gasteiger partial charge in [0.2, 0.25) is 5.91 Å². The number of nitro groups is 1. The normalized spacial score (nSPS) is 19.4. The summed E-state index contributed by atoms with van der Waals surface area (Å²) in [6.07, 6.45) is 0.0421. The van der Waals surface area contributed by atoms with Gasteiger partial charge in [-0.05, 0) is 0 Å². The highest BCUT2D eigenvalue weighted by Crippen LogP contribution is 2.36. The van der Waals surface area contributed by atoms with Crippen molar-refractivity contribution in [3.05, 3.63) is 20.5 Å². The third-order valence-electron chi connectivity index (χ3n) is 2.41.